The molecule has 3 amide bonds. The molecule has 1 atom stereocenters. The van der Waals surface area contributed by atoms with Crippen LogP contribution in [0, 0.1) is 0 Å². The first-order chi connectivity index (χ1) is 16.6. The van der Waals surface area contributed by atoms with Gasteiger partial charge in [0.1, 0.15) is 23.9 Å². The van der Waals surface area contributed by atoms with Crippen LogP contribution in [0.1, 0.15) is 52.7 Å². The molecule has 0 unspecified atom stereocenters. The van der Waals surface area contributed by atoms with Crippen molar-refractivity contribution in [2.75, 3.05) is 23.8 Å². The standard InChI is InChI=1S/C23H25N5O6S/c1-23(2,3)26-21(30)18(14-5-4-8-32-14)28(12-6-7-13-15(11-12)34-10-9-33-13)22(31)19-16(24)17(20(25)29)27-35-19/h4-8,11,18H,9-10,24H2,1-3H3,(H2,25,29)(H,26,30)/t18-/m0/s1. The number of aromatic nitrogens is 1. The van der Waals surface area contributed by atoms with Crippen molar-refractivity contribution in [3.63, 3.8) is 0 Å². The molecule has 3 heterocycles. The van der Waals surface area contributed by atoms with Gasteiger partial charge in [-0.15, -0.1) is 0 Å². The van der Waals surface area contributed by atoms with E-state index in [1.807, 2.05) is 20.8 Å². The largest absolute Gasteiger partial charge is 0.486 e. The summed E-state index contributed by atoms with van der Waals surface area (Å²) in [5.41, 5.74) is 10.7. The van der Waals surface area contributed by atoms with E-state index in [1.165, 1.54) is 11.2 Å². The molecular weight excluding hydrogens is 474 g/mol. The molecule has 0 saturated heterocycles. The van der Waals surface area contributed by atoms with Gasteiger partial charge in [-0.25, -0.2) is 0 Å². The highest BCUT2D eigenvalue weighted by Crippen LogP contribution is 2.39. The third-order valence-corrected chi connectivity index (χ3v) is 5.85. The lowest BCUT2D eigenvalue weighted by Crippen LogP contribution is -2.49. The van der Waals surface area contributed by atoms with Crippen LogP contribution in [0.2, 0.25) is 0 Å². The SMILES string of the molecule is CC(C)(C)NC(=O)[C@H](c1ccco1)N(C(=O)c1snc(C(N)=O)c1N)c1ccc2c(c1)OCCO2. The number of hydrogen-bond acceptors (Lipinski definition) is 9. The van der Waals surface area contributed by atoms with Gasteiger partial charge in [0, 0.05) is 17.3 Å². The summed E-state index contributed by atoms with van der Waals surface area (Å²) < 4.78 is 20.8. The van der Waals surface area contributed by atoms with Crippen LogP contribution in [0.3, 0.4) is 0 Å². The maximum absolute atomic E-state index is 13.9. The number of nitrogens with two attached hydrogens (primary N) is 2. The fourth-order valence-corrected chi connectivity index (χ4v) is 4.30. The third-order valence-electron chi connectivity index (χ3n) is 5.00. The number of nitrogens with one attached hydrogen (secondary N) is 1. The first-order valence-corrected chi connectivity index (χ1v) is 11.5. The van der Waals surface area contributed by atoms with Crippen molar-refractivity contribution in [3.8, 4) is 11.5 Å². The molecule has 1 aromatic carbocycles. The average Bonchev–Trinajstić information content (AvgIpc) is 3.45. The maximum atomic E-state index is 13.9. The molecule has 0 bridgehead atoms. The van der Waals surface area contributed by atoms with Gasteiger partial charge in [0.15, 0.2) is 23.2 Å². The van der Waals surface area contributed by atoms with Crippen molar-refractivity contribution in [1.82, 2.24) is 9.69 Å². The number of rotatable bonds is 6. The van der Waals surface area contributed by atoms with Gasteiger partial charge < -0.3 is 30.7 Å². The van der Waals surface area contributed by atoms with Gasteiger partial charge in [-0.05, 0) is 56.6 Å². The number of nitrogen functional groups attached to an aromatic ring is 1. The number of carbonyl (C=O) groups excluding carboxylic acids is 3. The molecule has 0 radical (unpaired) electrons. The van der Waals surface area contributed by atoms with Gasteiger partial charge in [0.2, 0.25) is 0 Å². The van der Waals surface area contributed by atoms with Crippen molar-refractivity contribution in [2.45, 2.75) is 32.4 Å². The first kappa shape index (κ1) is 24.1. The number of anilines is 2. The molecule has 11 nitrogen and oxygen atoms in total. The van der Waals surface area contributed by atoms with Gasteiger partial charge >= 0.3 is 0 Å². The minimum atomic E-state index is -1.22. The zero-order valence-electron chi connectivity index (χ0n) is 19.4. The van der Waals surface area contributed by atoms with Crippen LogP contribution in [0.25, 0.3) is 0 Å². The lowest BCUT2D eigenvalue weighted by molar-refractivity contribution is -0.124. The van der Waals surface area contributed by atoms with Crippen LogP contribution >= 0.6 is 11.5 Å². The van der Waals surface area contributed by atoms with Crippen LogP contribution in [0.5, 0.6) is 11.5 Å². The second-order valence-corrected chi connectivity index (χ2v) is 9.57. The van der Waals surface area contributed by atoms with Crippen molar-refractivity contribution < 1.29 is 28.3 Å². The monoisotopic (exact) mass is 499 g/mol. The topological polar surface area (TPSA) is 163 Å². The highest BCUT2D eigenvalue weighted by molar-refractivity contribution is 7.09. The minimum Gasteiger partial charge on any atom is -0.486 e. The number of amides is 3. The highest BCUT2D eigenvalue weighted by Gasteiger charge is 2.39. The Morgan fingerprint density at radius 1 is 1.14 bits per heavy atom. The number of ether oxygens (including phenoxy) is 2. The predicted molar refractivity (Wildman–Crippen MR) is 129 cm³/mol. The molecule has 0 spiro atoms. The van der Waals surface area contributed by atoms with Crippen molar-refractivity contribution in [2.24, 2.45) is 5.73 Å². The van der Waals surface area contributed by atoms with E-state index in [0.717, 1.165) is 11.5 Å². The van der Waals surface area contributed by atoms with Crippen LogP contribution in [-0.2, 0) is 4.79 Å². The van der Waals surface area contributed by atoms with E-state index >= 15 is 0 Å². The number of nitrogens with zero attached hydrogens (tertiary/aromatic N) is 2. The zero-order chi connectivity index (χ0) is 25.3. The van der Waals surface area contributed by atoms with Crippen molar-refractivity contribution in [1.29, 1.82) is 0 Å². The van der Waals surface area contributed by atoms with Gasteiger partial charge in [-0.2, -0.15) is 4.37 Å². The molecule has 5 N–H and O–H groups in total. The molecule has 2 aromatic heterocycles. The number of carbonyl (C=O) groups is 3. The quantitative estimate of drug-likeness (QED) is 0.466. The second kappa shape index (κ2) is 9.29. The summed E-state index contributed by atoms with van der Waals surface area (Å²) in [6.45, 7) is 6.19. The van der Waals surface area contributed by atoms with E-state index in [1.54, 1.807) is 30.3 Å². The molecule has 0 fully saturated rings. The number of hydrogen-bond donors (Lipinski definition) is 3. The lowest BCUT2D eigenvalue weighted by Gasteiger charge is -2.32. The normalized spacial score (nSPS) is 13.7. The van der Waals surface area contributed by atoms with Gasteiger partial charge in [-0.1, -0.05) is 0 Å². The summed E-state index contributed by atoms with van der Waals surface area (Å²) >= 11 is 0.719. The molecular formula is C23H25N5O6S. The van der Waals surface area contributed by atoms with Crippen molar-refractivity contribution >= 4 is 40.6 Å². The Morgan fingerprint density at radius 3 is 2.46 bits per heavy atom. The lowest BCUT2D eigenvalue weighted by atomic mass is 10.0. The van der Waals surface area contributed by atoms with Crippen molar-refractivity contribution in [3.05, 3.63) is 52.9 Å². The van der Waals surface area contributed by atoms with E-state index in [4.69, 9.17) is 25.4 Å². The van der Waals surface area contributed by atoms with Crippen LogP contribution < -0.4 is 31.2 Å². The fraction of sp³-hybridized carbons (Fsp3) is 0.304. The highest BCUT2D eigenvalue weighted by atomic mass is 32.1. The van der Waals surface area contributed by atoms with Crippen LogP contribution in [0.15, 0.2) is 41.0 Å². The van der Waals surface area contributed by atoms with E-state index in [2.05, 4.69) is 9.69 Å². The van der Waals surface area contributed by atoms with E-state index < -0.39 is 29.3 Å². The molecule has 184 valence electrons. The van der Waals surface area contributed by atoms with E-state index in [0.29, 0.717) is 30.4 Å². The Balaban J connectivity index is 1.88. The number of fused-ring (bicyclic) bond motifs is 1. The molecule has 3 aromatic rings. The Kier molecular flexibility index (Phi) is 6.39. The molecule has 35 heavy (non-hydrogen) atoms. The van der Waals surface area contributed by atoms with Crippen LogP contribution in [0.4, 0.5) is 11.4 Å². The summed E-state index contributed by atoms with van der Waals surface area (Å²) in [5, 5.41) is 2.90. The summed E-state index contributed by atoms with van der Waals surface area (Å²) in [6, 6.07) is 6.85. The molecule has 0 saturated carbocycles. The number of primary amides is 1. The molecule has 1 aliphatic heterocycles. The first-order valence-electron chi connectivity index (χ1n) is 10.7. The Labute approximate surface area is 205 Å². The smallest absolute Gasteiger partial charge is 0.273 e. The van der Waals surface area contributed by atoms with E-state index in [-0.39, 0.29) is 22.0 Å². The minimum absolute atomic E-state index is 0.0474. The average molecular weight is 500 g/mol. The summed E-state index contributed by atoms with van der Waals surface area (Å²) in [6.07, 6.45) is 1.41. The van der Waals surface area contributed by atoms with Gasteiger partial charge in [0.25, 0.3) is 17.7 Å². The molecule has 12 heteroatoms. The maximum Gasteiger partial charge on any atom is 0.273 e. The molecule has 1 aliphatic rings. The predicted octanol–water partition coefficient (Wildman–Crippen LogP) is 2.49. The summed E-state index contributed by atoms with van der Waals surface area (Å²) in [4.78, 5) is 40.4. The number of furan rings is 1. The Hall–Kier alpha value is -4.06. The second-order valence-electron chi connectivity index (χ2n) is 8.80. The van der Waals surface area contributed by atoms with Gasteiger partial charge in [0.05, 0.1) is 12.0 Å². The molecule has 4 rings (SSSR count). The summed E-state index contributed by atoms with van der Waals surface area (Å²) in [5.74, 6) is -0.890. The number of benzene rings is 1. The molecule has 0 aliphatic carbocycles. The van der Waals surface area contributed by atoms with Crippen LogP contribution in [-0.4, -0.2) is 40.8 Å². The third kappa shape index (κ3) is 4.92. The van der Waals surface area contributed by atoms with Gasteiger partial charge in [-0.3, -0.25) is 19.3 Å². The summed E-state index contributed by atoms with van der Waals surface area (Å²) in [7, 11) is 0. The van der Waals surface area contributed by atoms with E-state index in [9.17, 15) is 14.4 Å². The Bertz CT molecular complexity index is 1260. The zero-order valence-corrected chi connectivity index (χ0v) is 20.2. The Morgan fingerprint density at radius 2 is 1.86 bits per heavy atom. The fourth-order valence-electron chi connectivity index (χ4n) is 3.56.